The Bertz CT molecular complexity index is 730. The summed E-state index contributed by atoms with van der Waals surface area (Å²) in [6.07, 6.45) is 0. The first kappa shape index (κ1) is 17.1. The van der Waals surface area contributed by atoms with Gasteiger partial charge in [0.1, 0.15) is 11.5 Å². The van der Waals surface area contributed by atoms with E-state index in [1.165, 1.54) is 25.6 Å². The average Bonchev–Trinajstić information content (AvgIpc) is 2.72. The zero-order valence-electron chi connectivity index (χ0n) is 12.5. The van der Waals surface area contributed by atoms with Gasteiger partial charge in [0.25, 0.3) is 5.91 Å². The van der Waals surface area contributed by atoms with E-state index >= 15 is 0 Å². The molecule has 0 fully saturated rings. The second-order valence-corrected chi connectivity index (χ2v) is 7.52. The molecule has 0 radical (unpaired) electrons. The fourth-order valence-electron chi connectivity index (χ4n) is 1.99. The number of hydrogen-bond acceptors (Lipinski definition) is 4. The number of carbonyl (C=O) groups is 1. The SMILES string of the molecule is COc1cc(OC)c(NC(=O)c2c(Br)sc(C)c2C)cc1Cl. The molecule has 0 saturated carbocycles. The van der Waals surface area contributed by atoms with Crippen LogP contribution >= 0.6 is 38.9 Å². The molecule has 22 heavy (non-hydrogen) atoms. The molecule has 2 aromatic rings. The molecule has 1 aromatic carbocycles. The summed E-state index contributed by atoms with van der Waals surface area (Å²) >= 11 is 11.1. The Kier molecular flexibility index (Phi) is 5.36. The number of amides is 1. The van der Waals surface area contributed by atoms with Gasteiger partial charge < -0.3 is 14.8 Å². The molecule has 1 amide bonds. The normalized spacial score (nSPS) is 10.5. The summed E-state index contributed by atoms with van der Waals surface area (Å²) in [5, 5.41) is 3.24. The number of nitrogens with one attached hydrogen (secondary N) is 1. The van der Waals surface area contributed by atoms with Crippen molar-refractivity contribution in [2.75, 3.05) is 19.5 Å². The van der Waals surface area contributed by atoms with Crippen molar-refractivity contribution in [3.05, 3.63) is 36.9 Å². The highest BCUT2D eigenvalue weighted by atomic mass is 79.9. The molecule has 0 saturated heterocycles. The molecular formula is C15H15BrClNO3S. The molecule has 0 spiro atoms. The molecule has 0 unspecified atom stereocenters. The minimum Gasteiger partial charge on any atom is -0.495 e. The van der Waals surface area contributed by atoms with Crippen LogP contribution in [0.3, 0.4) is 0 Å². The monoisotopic (exact) mass is 403 g/mol. The van der Waals surface area contributed by atoms with Crippen molar-refractivity contribution in [3.8, 4) is 11.5 Å². The standard InChI is InChI=1S/C15H15BrClNO3S/c1-7-8(2)22-14(16)13(7)15(19)18-10-5-9(17)11(20-3)6-12(10)21-4/h5-6H,1-4H3,(H,18,19). The maximum atomic E-state index is 12.5. The molecule has 1 heterocycles. The zero-order valence-corrected chi connectivity index (χ0v) is 15.7. The van der Waals surface area contributed by atoms with Crippen LogP contribution in [0.1, 0.15) is 20.8 Å². The molecule has 1 aromatic heterocycles. The zero-order chi connectivity index (χ0) is 16.4. The highest BCUT2D eigenvalue weighted by Gasteiger charge is 2.20. The number of benzene rings is 1. The molecular weight excluding hydrogens is 390 g/mol. The number of methoxy groups -OCH3 is 2. The predicted octanol–water partition coefficient (Wildman–Crippen LogP) is 5.05. The third kappa shape index (κ3) is 3.24. The maximum absolute atomic E-state index is 12.5. The van der Waals surface area contributed by atoms with Crippen molar-refractivity contribution in [1.82, 2.24) is 0 Å². The minimum atomic E-state index is -0.215. The Morgan fingerprint density at radius 2 is 1.86 bits per heavy atom. The van der Waals surface area contributed by atoms with Crippen molar-refractivity contribution >= 4 is 50.5 Å². The lowest BCUT2D eigenvalue weighted by Crippen LogP contribution is -2.13. The van der Waals surface area contributed by atoms with Gasteiger partial charge in [-0.25, -0.2) is 0 Å². The summed E-state index contributed by atoms with van der Waals surface area (Å²) in [6, 6.07) is 3.25. The van der Waals surface area contributed by atoms with E-state index in [2.05, 4.69) is 21.2 Å². The van der Waals surface area contributed by atoms with E-state index in [4.69, 9.17) is 21.1 Å². The minimum absolute atomic E-state index is 0.215. The number of halogens is 2. The van der Waals surface area contributed by atoms with Gasteiger partial charge in [0, 0.05) is 10.9 Å². The van der Waals surface area contributed by atoms with Gasteiger partial charge in [0.05, 0.1) is 34.3 Å². The Labute approximate surface area is 146 Å². The van der Waals surface area contributed by atoms with Gasteiger partial charge in [-0.15, -0.1) is 11.3 Å². The van der Waals surface area contributed by atoms with E-state index in [-0.39, 0.29) is 5.91 Å². The lowest BCUT2D eigenvalue weighted by Gasteiger charge is -2.13. The third-order valence-corrected chi connectivity index (χ3v) is 5.46. The van der Waals surface area contributed by atoms with Crippen LogP contribution in [0, 0.1) is 13.8 Å². The Morgan fingerprint density at radius 3 is 2.36 bits per heavy atom. The van der Waals surface area contributed by atoms with E-state index < -0.39 is 0 Å². The number of ether oxygens (including phenoxy) is 2. The summed E-state index contributed by atoms with van der Waals surface area (Å²) < 4.78 is 11.2. The van der Waals surface area contributed by atoms with Crippen LogP contribution in [0.25, 0.3) is 0 Å². The largest absolute Gasteiger partial charge is 0.495 e. The van der Waals surface area contributed by atoms with Crippen LogP contribution in [0.2, 0.25) is 5.02 Å². The van der Waals surface area contributed by atoms with Gasteiger partial charge in [0.15, 0.2) is 0 Å². The molecule has 7 heteroatoms. The van der Waals surface area contributed by atoms with Crippen molar-refractivity contribution in [2.24, 2.45) is 0 Å². The van der Waals surface area contributed by atoms with Gasteiger partial charge in [-0.3, -0.25) is 4.79 Å². The van der Waals surface area contributed by atoms with Gasteiger partial charge in [-0.05, 0) is 41.4 Å². The number of hydrogen-bond donors (Lipinski definition) is 1. The van der Waals surface area contributed by atoms with E-state index in [1.54, 1.807) is 12.1 Å². The van der Waals surface area contributed by atoms with Crippen molar-refractivity contribution in [1.29, 1.82) is 0 Å². The molecule has 0 aliphatic carbocycles. The second kappa shape index (κ2) is 6.89. The molecule has 0 aliphatic heterocycles. The van der Waals surface area contributed by atoms with Crippen LogP contribution < -0.4 is 14.8 Å². The number of thiophene rings is 1. The Hall–Kier alpha value is -1.24. The van der Waals surface area contributed by atoms with Crippen molar-refractivity contribution in [3.63, 3.8) is 0 Å². The van der Waals surface area contributed by atoms with Crippen LogP contribution in [-0.4, -0.2) is 20.1 Å². The number of anilines is 1. The summed E-state index contributed by atoms with van der Waals surface area (Å²) in [7, 11) is 3.04. The van der Waals surface area contributed by atoms with Crippen LogP contribution in [0.4, 0.5) is 5.69 Å². The second-order valence-electron chi connectivity index (χ2n) is 4.57. The lowest BCUT2D eigenvalue weighted by atomic mass is 10.1. The van der Waals surface area contributed by atoms with Crippen LogP contribution in [0.15, 0.2) is 15.9 Å². The van der Waals surface area contributed by atoms with Crippen LogP contribution in [0.5, 0.6) is 11.5 Å². The highest BCUT2D eigenvalue weighted by molar-refractivity contribution is 9.11. The van der Waals surface area contributed by atoms with Crippen molar-refractivity contribution < 1.29 is 14.3 Å². The third-order valence-electron chi connectivity index (χ3n) is 3.29. The maximum Gasteiger partial charge on any atom is 0.258 e. The number of carbonyl (C=O) groups excluding carboxylic acids is 1. The van der Waals surface area contributed by atoms with Gasteiger partial charge in [0.2, 0.25) is 0 Å². The van der Waals surface area contributed by atoms with Gasteiger partial charge >= 0.3 is 0 Å². The van der Waals surface area contributed by atoms with Crippen LogP contribution in [-0.2, 0) is 0 Å². The first-order chi connectivity index (χ1) is 10.4. The summed E-state index contributed by atoms with van der Waals surface area (Å²) in [6.45, 7) is 3.90. The van der Waals surface area contributed by atoms with E-state index in [1.807, 2.05) is 13.8 Å². The molecule has 0 bridgehead atoms. The molecule has 0 atom stereocenters. The topological polar surface area (TPSA) is 47.6 Å². The smallest absolute Gasteiger partial charge is 0.258 e. The van der Waals surface area contributed by atoms with Crippen molar-refractivity contribution in [2.45, 2.75) is 13.8 Å². The van der Waals surface area contributed by atoms with E-state index in [0.29, 0.717) is 27.8 Å². The summed E-state index contributed by atoms with van der Waals surface area (Å²) in [5.74, 6) is 0.754. The molecule has 0 aliphatic rings. The first-order valence-corrected chi connectivity index (χ1v) is 8.36. The van der Waals surface area contributed by atoms with E-state index in [9.17, 15) is 4.79 Å². The number of aryl methyl sites for hydroxylation is 1. The average molecular weight is 405 g/mol. The molecule has 4 nitrogen and oxygen atoms in total. The highest BCUT2D eigenvalue weighted by Crippen LogP contribution is 2.37. The first-order valence-electron chi connectivity index (χ1n) is 6.37. The molecule has 118 valence electrons. The Balaban J connectivity index is 2.38. The fourth-order valence-corrected chi connectivity index (χ4v) is 4.31. The Morgan fingerprint density at radius 1 is 1.23 bits per heavy atom. The quantitative estimate of drug-likeness (QED) is 0.775. The summed E-state index contributed by atoms with van der Waals surface area (Å²) in [5.41, 5.74) is 2.07. The predicted molar refractivity (Wildman–Crippen MR) is 94.0 cm³/mol. The molecule has 1 N–H and O–H groups in total. The molecule has 2 rings (SSSR count). The van der Waals surface area contributed by atoms with Gasteiger partial charge in [-0.1, -0.05) is 11.6 Å². The number of rotatable bonds is 4. The van der Waals surface area contributed by atoms with Gasteiger partial charge in [-0.2, -0.15) is 0 Å². The summed E-state index contributed by atoms with van der Waals surface area (Å²) in [4.78, 5) is 13.6. The van der Waals surface area contributed by atoms with E-state index in [0.717, 1.165) is 14.2 Å². The lowest BCUT2D eigenvalue weighted by molar-refractivity contribution is 0.102. The fraction of sp³-hybridized carbons (Fsp3) is 0.267.